The predicted octanol–water partition coefficient (Wildman–Crippen LogP) is 2.49. The van der Waals surface area contributed by atoms with Gasteiger partial charge in [-0.2, -0.15) is 0 Å². The van der Waals surface area contributed by atoms with Crippen LogP contribution in [0.3, 0.4) is 0 Å². The summed E-state index contributed by atoms with van der Waals surface area (Å²) in [4.78, 5) is 13.6. The molecular formula is C7H4ClF2NO. The molecule has 0 bridgehead atoms. The molecule has 1 aromatic rings. The summed E-state index contributed by atoms with van der Waals surface area (Å²) in [6.07, 6.45) is -1.12. The summed E-state index contributed by atoms with van der Waals surface area (Å²) in [7, 11) is 0. The second-order valence-electron chi connectivity index (χ2n) is 2.07. The van der Waals surface area contributed by atoms with E-state index >= 15 is 0 Å². The molecule has 0 aliphatic heterocycles. The van der Waals surface area contributed by atoms with Gasteiger partial charge < -0.3 is 0 Å². The van der Waals surface area contributed by atoms with E-state index in [0.717, 1.165) is 12.3 Å². The van der Waals surface area contributed by atoms with Gasteiger partial charge in [-0.3, -0.25) is 4.79 Å². The van der Waals surface area contributed by atoms with Gasteiger partial charge in [0.05, 0.1) is 5.56 Å². The van der Waals surface area contributed by atoms with Crippen molar-refractivity contribution in [3.05, 3.63) is 28.5 Å². The predicted molar refractivity (Wildman–Crippen MR) is 39.6 cm³/mol. The molecule has 1 aromatic heterocycles. The molecule has 0 atom stereocenters. The van der Waals surface area contributed by atoms with Gasteiger partial charge >= 0.3 is 0 Å². The molecule has 0 fully saturated rings. The van der Waals surface area contributed by atoms with Gasteiger partial charge in [-0.15, -0.1) is 0 Å². The Labute approximate surface area is 72.2 Å². The highest BCUT2D eigenvalue weighted by Crippen LogP contribution is 2.25. The largest absolute Gasteiger partial charge is 0.298 e. The molecule has 5 heteroatoms. The Bertz CT molecular complexity index is 303. The molecule has 0 aromatic carbocycles. The zero-order valence-corrected chi connectivity index (χ0v) is 6.55. The summed E-state index contributed by atoms with van der Waals surface area (Å²) >= 11 is 5.34. The van der Waals surface area contributed by atoms with Crippen molar-refractivity contribution in [1.82, 2.24) is 4.98 Å². The van der Waals surface area contributed by atoms with Crippen LogP contribution in [0.15, 0.2) is 12.3 Å². The maximum atomic E-state index is 12.1. The minimum absolute atomic E-state index is 0.0923. The van der Waals surface area contributed by atoms with Crippen LogP contribution in [0, 0.1) is 0 Å². The third kappa shape index (κ3) is 1.76. The average Bonchev–Trinajstić information content (AvgIpc) is 2.05. The summed E-state index contributed by atoms with van der Waals surface area (Å²) < 4.78 is 24.2. The highest BCUT2D eigenvalue weighted by molar-refractivity contribution is 6.30. The number of rotatable bonds is 2. The number of alkyl halides is 2. The molecule has 0 aliphatic carbocycles. The first-order chi connectivity index (χ1) is 5.65. The smallest absolute Gasteiger partial charge is 0.266 e. The molecule has 0 amide bonds. The van der Waals surface area contributed by atoms with Crippen molar-refractivity contribution in [2.75, 3.05) is 0 Å². The molecule has 1 rings (SSSR count). The number of halogens is 3. The Balaban J connectivity index is 3.16. The molecule has 0 radical (unpaired) electrons. The summed E-state index contributed by atoms with van der Waals surface area (Å²) in [5.74, 6) is 0. The highest BCUT2D eigenvalue weighted by Gasteiger charge is 2.13. The van der Waals surface area contributed by atoms with Crippen molar-refractivity contribution in [3.8, 4) is 0 Å². The van der Waals surface area contributed by atoms with E-state index in [2.05, 4.69) is 4.98 Å². The van der Waals surface area contributed by atoms with E-state index < -0.39 is 12.0 Å². The monoisotopic (exact) mass is 191 g/mol. The van der Waals surface area contributed by atoms with Crippen LogP contribution in [0.25, 0.3) is 0 Å². The van der Waals surface area contributed by atoms with Crippen molar-refractivity contribution < 1.29 is 13.6 Å². The Morgan fingerprint density at radius 2 is 2.25 bits per heavy atom. The second kappa shape index (κ2) is 3.58. The minimum atomic E-state index is -2.70. The van der Waals surface area contributed by atoms with Gasteiger partial charge in [0.15, 0.2) is 6.29 Å². The van der Waals surface area contributed by atoms with Crippen molar-refractivity contribution >= 4 is 17.9 Å². The van der Waals surface area contributed by atoms with Crippen molar-refractivity contribution in [2.24, 2.45) is 0 Å². The van der Waals surface area contributed by atoms with Gasteiger partial charge in [-0.25, -0.2) is 13.8 Å². The lowest BCUT2D eigenvalue weighted by molar-refractivity contribution is 0.112. The van der Waals surface area contributed by atoms with Gasteiger partial charge in [0, 0.05) is 11.8 Å². The highest BCUT2D eigenvalue weighted by atomic mass is 35.5. The molecule has 0 saturated heterocycles. The van der Waals surface area contributed by atoms with Crippen LogP contribution < -0.4 is 0 Å². The zero-order chi connectivity index (χ0) is 9.14. The lowest BCUT2D eigenvalue weighted by atomic mass is 10.2. The molecule has 64 valence electrons. The fraction of sp³-hybridized carbons (Fsp3) is 0.143. The van der Waals surface area contributed by atoms with Crippen LogP contribution in [0.2, 0.25) is 5.15 Å². The first-order valence-corrected chi connectivity index (χ1v) is 3.41. The molecule has 1 heterocycles. The van der Waals surface area contributed by atoms with Gasteiger partial charge in [0.25, 0.3) is 6.43 Å². The molecule has 2 nitrogen and oxygen atoms in total. The van der Waals surface area contributed by atoms with E-state index in [0.29, 0.717) is 6.29 Å². The van der Waals surface area contributed by atoms with E-state index in [1.54, 1.807) is 0 Å². The molecule has 0 spiro atoms. The van der Waals surface area contributed by atoms with Crippen molar-refractivity contribution in [1.29, 1.82) is 0 Å². The number of hydrogen-bond donors (Lipinski definition) is 0. The topological polar surface area (TPSA) is 30.0 Å². The van der Waals surface area contributed by atoms with Crippen LogP contribution in [0.4, 0.5) is 8.78 Å². The van der Waals surface area contributed by atoms with Crippen LogP contribution in [0.5, 0.6) is 0 Å². The quantitative estimate of drug-likeness (QED) is 0.531. The fourth-order valence-corrected chi connectivity index (χ4v) is 0.885. The number of hydrogen-bond acceptors (Lipinski definition) is 2. The van der Waals surface area contributed by atoms with Crippen LogP contribution in [0.1, 0.15) is 22.3 Å². The number of pyridine rings is 1. The maximum Gasteiger partial charge on any atom is 0.266 e. The van der Waals surface area contributed by atoms with Crippen LogP contribution in [-0.2, 0) is 0 Å². The summed E-state index contributed by atoms with van der Waals surface area (Å²) in [5, 5.41) is -0.268. The van der Waals surface area contributed by atoms with E-state index in [4.69, 9.17) is 11.6 Å². The Morgan fingerprint density at radius 1 is 1.58 bits per heavy atom. The summed E-state index contributed by atoms with van der Waals surface area (Å²) in [6, 6.07) is 1.02. The molecular weight excluding hydrogens is 188 g/mol. The average molecular weight is 192 g/mol. The molecule has 12 heavy (non-hydrogen) atoms. The van der Waals surface area contributed by atoms with E-state index in [1.165, 1.54) is 0 Å². The first kappa shape index (κ1) is 9.06. The van der Waals surface area contributed by atoms with Gasteiger partial charge in [-0.1, -0.05) is 11.6 Å². The third-order valence-electron chi connectivity index (χ3n) is 1.26. The molecule has 0 saturated carbocycles. The number of carbonyl (C=O) groups is 1. The van der Waals surface area contributed by atoms with Gasteiger partial charge in [-0.05, 0) is 6.07 Å². The number of carbonyl (C=O) groups excluding carboxylic acids is 1. The van der Waals surface area contributed by atoms with E-state index in [1.807, 2.05) is 0 Å². The lowest BCUT2D eigenvalue weighted by Crippen LogP contribution is -1.92. The number of aromatic nitrogens is 1. The second-order valence-corrected chi connectivity index (χ2v) is 2.43. The number of nitrogens with zero attached hydrogens (tertiary/aromatic N) is 1. The molecule has 0 aliphatic rings. The fourth-order valence-electron chi connectivity index (χ4n) is 0.700. The van der Waals surface area contributed by atoms with Crippen LogP contribution >= 0.6 is 11.6 Å². The van der Waals surface area contributed by atoms with Gasteiger partial charge in [0.2, 0.25) is 0 Å². The van der Waals surface area contributed by atoms with Crippen LogP contribution in [-0.4, -0.2) is 11.3 Å². The molecule has 0 unspecified atom stereocenters. The standard InChI is InChI=1S/C7H4ClF2NO/c8-6-5(7(9)10)1-4(3-12)2-11-6/h1-3,7H. The summed E-state index contributed by atoms with van der Waals surface area (Å²) in [6.45, 7) is 0. The summed E-state index contributed by atoms with van der Waals surface area (Å²) in [5.41, 5.74) is -0.323. The normalized spacial score (nSPS) is 10.3. The third-order valence-corrected chi connectivity index (χ3v) is 1.57. The first-order valence-electron chi connectivity index (χ1n) is 3.04. The Morgan fingerprint density at radius 3 is 2.75 bits per heavy atom. The minimum Gasteiger partial charge on any atom is -0.298 e. The SMILES string of the molecule is O=Cc1cnc(Cl)c(C(F)F)c1. The van der Waals surface area contributed by atoms with E-state index in [-0.39, 0.29) is 10.7 Å². The number of aldehydes is 1. The Kier molecular flexibility index (Phi) is 2.70. The zero-order valence-electron chi connectivity index (χ0n) is 5.80. The Hall–Kier alpha value is -1.03. The lowest BCUT2D eigenvalue weighted by Gasteiger charge is -2.01. The van der Waals surface area contributed by atoms with E-state index in [9.17, 15) is 13.6 Å². The van der Waals surface area contributed by atoms with Crippen molar-refractivity contribution in [2.45, 2.75) is 6.43 Å². The molecule has 0 N–H and O–H groups in total. The van der Waals surface area contributed by atoms with Crippen molar-refractivity contribution in [3.63, 3.8) is 0 Å². The maximum absolute atomic E-state index is 12.1. The van der Waals surface area contributed by atoms with Gasteiger partial charge in [0.1, 0.15) is 5.15 Å².